The summed E-state index contributed by atoms with van der Waals surface area (Å²) in [7, 11) is -2.99. The third-order valence-corrected chi connectivity index (χ3v) is 6.39. The van der Waals surface area contributed by atoms with Gasteiger partial charge in [0.25, 0.3) is 5.91 Å². The predicted octanol–water partition coefficient (Wildman–Crippen LogP) is 0.399. The molecule has 138 valence electrons. The molecule has 2 atom stereocenters. The van der Waals surface area contributed by atoms with E-state index in [0.29, 0.717) is 25.5 Å². The van der Waals surface area contributed by atoms with Gasteiger partial charge in [-0.15, -0.1) is 0 Å². The second-order valence-electron chi connectivity index (χ2n) is 6.43. The number of nitrogens with zero attached hydrogens (tertiary/aromatic N) is 3. The highest BCUT2D eigenvalue weighted by Gasteiger charge is 2.33. The zero-order valence-electron chi connectivity index (χ0n) is 14.3. The minimum absolute atomic E-state index is 0.0705. The molecule has 0 aliphatic carbocycles. The molecule has 1 amide bonds. The lowest BCUT2D eigenvalue weighted by Crippen LogP contribution is -2.38. The Bertz CT molecular complexity index is 719. The van der Waals surface area contributed by atoms with Gasteiger partial charge in [-0.25, -0.2) is 18.4 Å². The number of carbonyl (C=O) groups excluding carboxylic acids is 1. The first kappa shape index (κ1) is 18.1. The van der Waals surface area contributed by atoms with Gasteiger partial charge in [0, 0.05) is 31.9 Å². The van der Waals surface area contributed by atoms with Gasteiger partial charge in [-0.05, 0) is 32.3 Å². The maximum absolute atomic E-state index is 12.3. The second-order valence-corrected chi connectivity index (χ2v) is 8.66. The van der Waals surface area contributed by atoms with Gasteiger partial charge in [0.2, 0.25) is 5.95 Å². The summed E-state index contributed by atoms with van der Waals surface area (Å²) in [6.07, 6.45) is 4.15. The van der Waals surface area contributed by atoms with Crippen LogP contribution >= 0.6 is 0 Å². The van der Waals surface area contributed by atoms with Gasteiger partial charge in [0.15, 0.2) is 9.84 Å². The van der Waals surface area contributed by atoms with E-state index < -0.39 is 9.84 Å². The van der Waals surface area contributed by atoms with E-state index in [1.54, 1.807) is 6.07 Å². The maximum Gasteiger partial charge on any atom is 0.270 e. The molecular formula is C16H24N4O4S. The van der Waals surface area contributed by atoms with Crippen molar-refractivity contribution in [2.45, 2.75) is 38.3 Å². The van der Waals surface area contributed by atoms with Crippen molar-refractivity contribution in [3.05, 3.63) is 18.0 Å². The fourth-order valence-corrected chi connectivity index (χ4v) is 5.03. The summed E-state index contributed by atoms with van der Waals surface area (Å²) in [5.41, 5.74) is 0.280. The van der Waals surface area contributed by atoms with Gasteiger partial charge in [-0.1, -0.05) is 0 Å². The highest BCUT2D eigenvalue weighted by Crippen LogP contribution is 2.21. The first-order valence-electron chi connectivity index (χ1n) is 8.68. The van der Waals surface area contributed by atoms with Crippen LogP contribution in [0.4, 0.5) is 5.95 Å². The molecule has 1 aromatic heterocycles. The van der Waals surface area contributed by atoms with E-state index in [9.17, 15) is 13.2 Å². The Balaban J connectivity index is 1.68. The predicted molar refractivity (Wildman–Crippen MR) is 93.4 cm³/mol. The number of amides is 1. The Morgan fingerprint density at radius 1 is 1.44 bits per heavy atom. The molecule has 2 saturated heterocycles. The second kappa shape index (κ2) is 7.65. The van der Waals surface area contributed by atoms with Crippen LogP contribution in [0.1, 0.15) is 36.7 Å². The maximum atomic E-state index is 12.3. The molecular weight excluding hydrogens is 344 g/mol. The number of rotatable bonds is 6. The van der Waals surface area contributed by atoms with Crippen LogP contribution in [0.3, 0.4) is 0 Å². The van der Waals surface area contributed by atoms with Crippen LogP contribution < -0.4 is 10.2 Å². The van der Waals surface area contributed by atoms with Crippen molar-refractivity contribution in [2.75, 3.05) is 36.1 Å². The van der Waals surface area contributed by atoms with E-state index in [2.05, 4.69) is 15.3 Å². The molecule has 1 aromatic rings. The van der Waals surface area contributed by atoms with E-state index >= 15 is 0 Å². The van der Waals surface area contributed by atoms with Crippen molar-refractivity contribution in [3.63, 3.8) is 0 Å². The summed E-state index contributed by atoms with van der Waals surface area (Å²) in [6, 6.07) is 1.42. The summed E-state index contributed by atoms with van der Waals surface area (Å²) < 4.78 is 29.0. The Labute approximate surface area is 147 Å². The number of carbonyl (C=O) groups is 1. The van der Waals surface area contributed by atoms with Crippen molar-refractivity contribution in [1.82, 2.24) is 15.3 Å². The Morgan fingerprint density at radius 3 is 2.92 bits per heavy atom. The van der Waals surface area contributed by atoms with Gasteiger partial charge in [0.1, 0.15) is 5.69 Å². The fraction of sp³-hybridized carbons (Fsp3) is 0.688. The molecule has 0 aromatic carbocycles. The van der Waals surface area contributed by atoms with Gasteiger partial charge in [0.05, 0.1) is 17.6 Å². The van der Waals surface area contributed by atoms with Crippen molar-refractivity contribution < 1.29 is 17.9 Å². The summed E-state index contributed by atoms with van der Waals surface area (Å²) in [4.78, 5) is 22.8. The van der Waals surface area contributed by atoms with Gasteiger partial charge < -0.3 is 15.0 Å². The van der Waals surface area contributed by atoms with Gasteiger partial charge >= 0.3 is 0 Å². The van der Waals surface area contributed by atoms with E-state index in [0.717, 1.165) is 19.4 Å². The zero-order valence-corrected chi connectivity index (χ0v) is 15.2. The average Bonchev–Trinajstić information content (AvgIpc) is 3.23. The first-order chi connectivity index (χ1) is 12.0. The van der Waals surface area contributed by atoms with Crippen LogP contribution in [0.15, 0.2) is 12.3 Å². The smallest absolute Gasteiger partial charge is 0.270 e. The van der Waals surface area contributed by atoms with E-state index in [4.69, 9.17) is 4.74 Å². The summed E-state index contributed by atoms with van der Waals surface area (Å²) in [5.74, 6) is 0.429. The molecule has 2 aliphatic heterocycles. The largest absolute Gasteiger partial charge is 0.376 e. The minimum Gasteiger partial charge on any atom is -0.376 e. The summed E-state index contributed by atoms with van der Waals surface area (Å²) in [6.45, 7) is 3.73. The first-order valence-corrected chi connectivity index (χ1v) is 10.5. The van der Waals surface area contributed by atoms with Crippen molar-refractivity contribution in [2.24, 2.45) is 0 Å². The topological polar surface area (TPSA) is 101 Å². The number of nitrogens with one attached hydrogen (secondary N) is 1. The number of anilines is 1. The molecule has 0 bridgehead atoms. The lowest BCUT2D eigenvalue weighted by molar-refractivity contribution is 0.0853. The molecule has 1 N–H and O–H groups in total. The van der Waals surface area contributed by atoms with E-state index in [-0.39, 0.29) is 35.3 Å². The van der Waals surface area contributed by atoms with Crippen LogP contribution in [0, 0.1) is 0 Å². The molecule has 25 heavy (non-hydrogen) atoms. The highest BCUT2D eigenvalue weighted by molar-refractivity contribution is 7.91. The average molecular weight is 368 g/mol. The highest BCUT2D eigenvalue weighted by atomic mass is 32.2. The van der Waals surface area contributed by atoms with Crippen LogP contribution in [0.5, 0.6) is 0 Å². The van der Waals surface area contributed by atoms with Crippen molar-refractivity contribution in [3.8, 4) is 0 Å². The molecule has 2 fully saturated rings. The standard InChI is InChI=1S/C16H24N4O4S/c1-2-20(12-6-9-25(22,23)11-12)16-17-7-5-14(19-16)15(21)18-10-13-4-3-8-24-13/h5,7,12-13H,2-4,6,8-11H2,1H3,(H,18,21). The number of hydrogen-bond acceptors (Lipinski definition) is 7. The zero-order chi connectivity index (χ0) is 17.9. The normalized spacial score (nSPS) is 25.0. The molecule has 9 heteroatoms. The minimum atomic E-state index is -2.99. The molecule has 0 spiro atoms. The number of aromatic nitrogens is 2. The SMILES string of the molecule is CCN(c1nccc(C(=O)NCC2CCCO2)n1)C1CCS(=O)(=O)C1. The van der Waals surface area contributed by atoms with Crippen molar-refractivity contribution in [1.29, 1.82) is 0 Å². The lowest BCUT2D eigenvalue weighted by atomic mass is 10.2. The quantitative estimate of drug-likeness (QED) is 0.775. The molecule has 3 rings (SSSR count). The summed E-state index contributed by atoms with van der Waals surface area (Å²) in [5, 5.41) is 2.84. The Hall–Kier alpha value is -1.74. The molecule has 0 radical (unpaired) electrons. The van der Waals surface area contributed by atoms with Gasteiger partial charge in [-0.3, -0.25) is 4.79 Å². The Morgan fingerprint density at radius 2 is 2.28 bits per heavy atom. The van der Waals surface area contributed by atoms with E-state index in [1.165, 1.54) is 6.20 Å². The molecule has 2 aliphatic rings. The fourth-order valence-electron chi connectivity index (χ4n) is 3.30. The number of hydrogen-bond donors (Lipinski definition) is 1. The van der Waals surface area contributed by atoms with Crippen molar-refractivity contribution >= 4 is 21.7 Å². The van der Waals surface area contributed by atoms with E-state index in [1.807, 2.05) is 11.8 Å². The third-order valence-electron chi connectivity index (χ3n) is 4.64. The third kappa shape index (κ3) is 4.46. The lowest BCUT2D eigenvalue weighted by Gasteiger charge is -2.26. The molecule has 0 saturated carbocycles. The summed E-state index contributed by atoms with van der Waals surface area (Å²) >= 11 is 0. The van der Waals surface area contributed by atoms with Crippen LogP contribution in [-0.4, -0.2) is 67.6 Å². The molecule has 2 unspecified atom stereocenters. The van der Waals surface area contributed by atoms with Crippen LogP contribution in [-0.2, 0) is 14.6 Å². The molecule has 3 heterocycles. The monoisotopic (exact) mass is 368 g/mol. The van der Waals surface area contributed by atoms with Gasteiger partial charge in [-0.2, -0.15) is 0 Å². The number of ether oxygens (including phenoxy) is 1. The van der Waals surface area contributed by atoms with Crippen LogP contribution in [0.25, 0.3) is 0 Å². The number of sulfone groups is 1. The molecule has 8 nitrogen and oxygen atoms in total. The van der Waals surface area contributed by atoms with Crippen LogP contribution in [0.2, 0.25) is 0 Å². The Kier molecular flexibility index (Phi) is 5.53.